The van der Waals surface area contributed by atoms with Gasteiger partial charge in [-0.05, 0) is 60.0 Å². The van der Waals surface area contributed by atoms with Gasteiger partial charge >= 0.3 is 5.97 Å². The van der Waals surface area contributed by atoms with Crippen molar-refractivity contribution in [2.45, 2.75) is 85.3 Å². The Kier molecular flexibility index (Phi) is 11.3. The van der Waals surface area contributed by atoms with Crippen molar-refractivity contribution < 1.29 is 9.53 Å². The van der Waals surface area contributed by atoms with Crippen molar-refractivity contribution in [1.29, 1.82) is 0 Å². The lowest BCUT2D eigenvalue weighted by atomic mass is 9.90. The molecule has 0 aliphatic heterocycles. The highest BCUT2D eigenvalue weighted by atomic mass is 16.5. The lowest BCUT2D eigenvalue weighted by Crippen LogP contribution is -2.35. The van der Waals surface area contributed by atoms with E-state index in [1.165, 1.54) is 25.7 Å². The molecule has 0 spiro atoms. The largest absolute Gasteiger partial charge is 0.459 e. The number of unbranched alkanes of at least 4 members (excludes halogenated alkanes) is 2. The smallest absolute Gasteiger partial charge is 0.333 e. The highest BCUT2D eigenvalue weighted by Crippen LogP contribution is 2.22. The van der Waals surface area contributed by atoms with Gasteiger partial charge < -0.3 is 9.64 Å². The van der Waals surface area contributed by atoms with Crippen molar-refractivity contribution in [3.8, 4) is 0 Å². The zero-order chi connectivity index (χ0) is 17.1. The molecule has 0 rings (SSSR count). The van der Waals surface area contributed by atoms with E-state index in [0.717, 1.165) is 12.8 Å². The molecule has 0 aromatic rings. The number of hydrogen-bond donors (Lipinski definition) is 0. The summed E-state index contributed by atoms with van der Waals surface area (Å²) in [5.74, 6) is 0.495. The second kappa shape index (κ2) is 11.7. The van der Waals surface area contributed by atoms with Gasteiger partial charge in [0.25, 0.3) is 0 Å². The Bertz CT molecular complexity index is 336. The van der Waals surface area contributed by atoms with E-state index in [9.17, 15) is 4.79 Å². The summed E-state index contributed by atoms with van der Waals surface area (Å²) in [5, 5.41) is 0. The van der Waals surface area contributed by atoms with Gasteiger partial charge in [0.05, 0.1) is 6.10 Å². The summed E-state index contributed by atoms with van der Waals surface area (Å²) < 4.78 is 5.49. The molecule has 3 unspecified atom stereocenters. The van der Waals surface area contributed by atoms with Crippen LogP contribution in [-0.4, -0.2) is 37.1 Å². The fraction of sp³-hybridized carbons (Fsp3) is 0.842. The zero-order valence-electron chi connectivity index (χ0n) is 15.8. The van der Waals surface area contributed by atoms with Crippen LogP contribution in [-0.2, 0) is 9.53 Å². The molecule has 0 saturated heterocycles. The molecule has 0 radical (unpaired) electrons. The average molecular weight is 312 g/mol. The Morgan fingerprint density at radius 1 is 1.14 bits per heavy atom. The number of carbonyl (C=O) groups excluding carboxylic acids is 1. The Balaban J connectivity index is 4.31. The summed E-state index contributed by atoms with van der Waals surface area (Å²) in [6, 6.07) is 0.556. The lowest BCUT2D eigenvalue weighted by Gasteiger charge is -2.31. The molecule has 3 nitrogen and oxygen atoms in total. The third-order valence-electron chi connectivity index (χ3n) is 4.52. The van der Waals surface area contributed by atoms with Crippen molar-refractivity contribution in [2.24, 2.45) is 5.92 Å². The summed E-state index contributed by atoms with van der Waals surface area (Å²) in [6.45, 7) is 10.3. The fourth-order valence-electron chi connectivity index (χ4n) is 2.82. The van der Waals surface area contributed by atoms with Crippen LogP contribution >= 0.6 is 0 Å². The number of carbonyl (C=O) groups is 1. The molecule has 0 saturated carbocycles. The summed E-state index contributed by atoms with van der Waals surface area (Å²) >= 11 is 0. The van der Waals surface area contributed by atoms with Crippen LogP contribution in [0.25, 0.3) is 0 Å². The first-order valence-corrected chi connectivity index (χ1v) is 8.83. The molecule has 0 N–H and O–H groups in total. The highest BCUT2D eigenvalue weighted by molar-refractivity contribution is 5.87. The lowest BCUT2D eigenvalue weighted by molar-refractivity contribution is -0.143. The van der Waals surface area contributed by atoms with Gasteiger partial charge in [-0.25, -0.2) is 4.79 Å². The van der Waals surface area contributed by atoms with Gasteiger partial charge in [-0.1, -0.05) is 39.2 Å². The predicted octanol–water partition coefficient (Wildman–Crippen LogP) is 4.81. The molecular weight excluding hydrogens is 274 g/mol. The van der Waals surface area contributed by atoms with Gasteiger partial charge in [-0.3, -0.25) is 0 Å². The molecular formula is C19H37NO2. The molecule has 3 atom stereocenters. The zero-order valence-corrected chi connectivity index (χ0v) is 15.8. The summed E-state index contributed by atoms with van der Waals surface area (Å²) in [5.41, 5.74) is 0.684. The monoisotopic (exact) mass is 311 g/mol. The van der Waals surface area contributed by atoms with E-state index in [2.05, 4.69) is 32.8 Å². The van der Waals surface area contributed by atoms with Crippen LogP contribution in [0.4, 0.5) is 0 Å². The van der Waals surface area contributed by atoms with Gasteiger partial charge in [0.2, 0.25) is 0 Å². The SMILES string of the molecule is C/C=C(\C)C(=O)OC(C)CCC(C(C)CCCCC)N(C)C. The van der Waals surface area contributed by atoms with E-state index in [-0.39, 0.29) is 12.1 Å². The van der Waals surface area contributed by atoms with Crippen LogP contribution in [0.2, 0.25) is 0 Å². The molecule has 0 aliphatic carbocycles. The van der Waals surface area contributed by atoms with Crippen LogP contribution in [0.5, 0.6) is 0 Å². The average Bonchev–Trinajstić information content (AvgIpc) is 2.46. The van der Waals surface area contributed by atoms with Crippen LogP contribution in [0.15, 0.2) is 11.6 Å². The quantitative estimate of drug-likeness (QED) is 0.311. The third-order valence-corrected chi connectivity index (χ3v) is 4.52. The molecule has 130 valence electrons. The first-order valence-electron chi connectivity index (χ1n) is 8.83. The molecule has 0 heterocycles. The van der Waals surface area contributed by atoms with Crippen molar-refractivity contribution >= 4 is 5.97 Å². The van der Waals surface area contributed by atoms with Gasteiger partial charge in [0.15, 0.2) is 0 Å². The first kappa shape index (κ1) is 21.2. The van der Waals surface area contributed by atoms with E-state index in [1.54, 1.807) is 13.0 Å². The van der Waals surface area contributed by atoms with Crippen LogP contribution in [0, 0.1) is 5.92 Å². The Hall–Kier alpha value is -0.830. The van der Waals surface area contributed by atoms with E-state index < -0.39 is 0 Å². The standard InChI is InChI=1S/C19H37NO2/c1-8-10-11-12-16(4)18(20(6)7)14-13-17(5)22-19(21)15(3)9-2/h9,16-18H,8,10-14H2,1-7H3/b15-9+. The molecule has 0 fully saturated rings. The number of esters is 1. The molecule has 0 amide bonds. The number of rotatable bonds is 11. The van der Waals surface area contributed by atoms with Crippen molar-refractivity contribution in [1.82, 2.24) is 4.90 Å². The molecule has 0 aromatic heterocycles. The summed E-state index contributed by atoms with van der Waals surface area (Å²) in [6.07, 6.45) is 8.96. The molecule has 3 heteroatoms. The van der Waals surface area contributed by atoms with E-state index in [4.69, 9.17) is 4.74 Å². The van der Waals surface area contributed by atoms with Crippen LogP contribution < -0.4 is 0 Å². The van der Waals surface area contributed by atoms with E-state index in [1.807, 2.05) is 13.8 Å². The van der Waals surface area contributed by atoms with Gasteiger partial charge in [-0.15, -0.1) is 0 Å². The van der Waals surface area contributed by atoms with Gasteiger partial charge in [0.1, 0.15) is 0 Å². The third kappa shape index (κ3) is 8.57. The summed E-state index contributed by atoms with van der Waals surface area (Å²) in [7, 11) is 4.31. The number of hydrogen-bond acceptors (Lipinski definition) is 3. The van der Waals surface area contributed by atoms with Crippen molar-refractivity contribution in [2.75, 3.05) is 14.1 Å². The highest BCUT2D eigenvalue weighted by Gasteiger charge is 2.21. The van der Waals surface area contributed by atoms with Crippen LogP contribution in [0.3, 0.4) is 0 Å². The fourth-order valence-corrected chi connectivity index (χ4v) is 2.82. The second-order valence-electron chi connectivity index (χ2n) is 6.77. The first-order chi connectivity index (χ1) is 10.3. The Morgan fingerprint density at radius 2 is 1.77 bits per heavy atom. The van der Waals surface area contributed by atoms with Crippen molar-refractivity contribution in [3.05, 3.63) is 11.6 Å². The maximum Gasteiger partial charge on any atom is 0.333 e. The van der Waals surface area contributed by atoms with Crippen LogP contribution in [0.1, 0.15) is 73.1 Å². The molecule has 0 bridgehead atoms. The minimum atomic E-state index is -0.188. The second-order valence-corrected chi connectivity index (χ2v) is 6.77. The molecule has 0 aromatic carbocycles. The maximum atomic E-state index is 11.8. The predicted molar refractivity (Wildman–Crippen MR) is 95.0 cm³/mol. The van der Waals surface area contributed by atoms with Gasteiger partial charge in [-0.2, -0.15) is 0 Å². The minimum absolute atomic E-state index is 0.0207. The summed E-state index contributed by atoms with van der Waals surface area (Å²) in [4.78, 5) is 14.1. The molecule has 22 heavy (non-hydrogen) atoms. The number of ether oxygens (including phenoxy) is 1. The minimum Gasteiger partial charge on any atom is -0.459 e. The number of nitrogens with zero attached hydrogens (tertiary/aromatic N) is 1. The molecule has 0 aliphatic rings. The maximum absolute atomic E-state index is 11.8. The normalized spacial score (nSPS) is 16.5. The number of allylic oxidation sites excluding steroid dienone is 1. The Labute approximate surface area is 138 Å². The van der Waals surface area contributed by atoms with Gasteiger partial charge in [0, 0.05) is 11.6 Å². The van der Waals surface area contributed by atoms with E-state index >= 15 is 0 Å². The Morgan fingerprint density at radius 3 is 2.27 bits per heavy atom. The van der Waals surface area contributed by atoms with E-state index in [0.29, 0.717) is 17.5 Å². The topological polar surface area (TPSA) is 29.5 Å². The van der Waals surface area contributed by atoms with Crippen molar-refractivity contribution in [3.63, 3.8) is 0 Å².